The first-order valence-corrected chi connectivity index (χ1v) is 7.99. The highest BCUT2D eigenvalue weighted by atomic mass is 16.2. The Balaban J connectivity index is 2.30. The van der Waals surface area contributed by atoms with Gasteiger partial charge in [-0.1, -0.05) is 63.3 Å². The number of carbonyl (C=O) groups excluding carboxylic acids is 1. The second kappa shape index (κ2) is 11.1. The molecule has 0 aliphatic carbocycles. The van der Waals surface area contributed by atoms with Crippen molar-refractivity contribution in [3.63, 3.8) is 0 Å². The van der Waals surface area contributed by atoms with E-state index < -0.39 is 0 Å². The number of hydrogen-bond donors (Lipinski definition) is 2. The van der Waals surface area contributed by atoms with Crippen LogP contribution < -0.4 is 10.9 Å². The summed E-state index contributed by atoms with van der Waals surface area (Å²) in [4.78, 5) is 12.0. The van der Waals surface area contributed by atoms with Crippen LogP contribution in [0.2, 0.25) is 0 Å². The van der Waals surface area contributed by atoms with Crippen molar-refractivity contribution < 1.29 is 4.79 Å². The fourth-order valence-electron chi connectivity index (χ4n) is 2.27. The maximum atomic E-state index is 12.0. The van der Waals surface area contributed by atoms with Crippen LogP contribution in [0.1, 0.15) is 62.2 Å². The van der Waals surface area contributed by atoms with E-state index in [2.05, 4.69) is 24.4 Å². The van der Waals surface area contributed by atoms with Gasteiger partial charge in [0.2, 0.25) is 0 Å². The molecule has 2 N–H and O–H groups in total. The van der Waals surface area contributed by atoms with Crippen molar-refractivity contribution in [3.05, 3.63) is 48.6 Å². The molecule has 0 fully saturated rings. The summed E-state index contributed by atoms with van der Waals surface area (Å²) < 4.78 is 0. The Labute approximate surface area is 128 Å². The van der Waals surface area contributed by atoms with Crippen LogP contribution >= 0.6 is 0 Å². The van der Waals surface area contributed by atoms with Crippen LogP contribution in [0.25, 0.3) is 0 Å². The van der Waals surface area contributed by atoms with E-state index in [0.717, 1.165) is 12.8 Å². The van der Waals surface area contributed by atoms with Crippen molar-refractivity contribution in [1.29, 1.82) is 0 Å². The third-order valence-electron chi connectivity index (χ3n) is 3.53. The van der Waals surface area contributed by atoms with E-state index in [1.54, 1.807) is 0 Å². The molecule has 3 heteroatoms. The van der Waals surface area contributed by atoms with Crippen LogP contribution in [-0.2, 0) is 0 Å². The number of hydrazine groups is 1. The fraction of sp³-hybridized carbons (Fsp3) is 0.500. The molecule has 0 saturated carbocycles. The molecule has 0 radical (unpaired) electrons. The van der Waals surface area contributed by atoms with Gasteiger partial charge in [0.1, 0.15) is 0 Å². The Bertz CT molecular complexity index is 403. The molecule has 0 aliphatic rings. The van der Waals surface area contributed by atoms with E-state index in [4.69, 9.17) is 0 Å². The molecule has 0 aliphatic heterocycles. The Morgan fingerprint density at radius 3 is 2.57 bits per heavy atom. The van der Waals surface area contributed by atoms with Crippen LogP contribution in [-0.4, -0.2) is 11.9 Å². The molecular formula is C18H28N2O. The molecule has 21 heavy (non-hydrogen) atoms. The Kier molecular flexibility index (Phi) is 9.21. The molecule has 0 saturated heterocycles. The summed E-state index contributed by atoms with van der Waals surface area (Å²) in [6.07, 6.45) is 10.1. The summed E-state index contributed by atoms with van der Waals surface area (Å²) in [7, 11) is 0. The van der Waals surface area contributed by atoms with Crippen LogP contribution in [0.4, 0.5) is 0 Å². The third kappa shape index (κ3) is 7.66. The molecule has 1 amide bonds. The van der Waals surface area contributed by atoms with Gasteiger partial charge in [-0.2, -0.15) is 0 Å². The number of rotatable bonds is 11. The second-order valence-corrected chi connectivity index (χ2v) is 5.39. The zero-order chi connectivity index (χ0) is 15.3. The van der Waals surface area contributed by atoms with Crippen molar-refractivity contribution in [1.82, 2.24) is 10.9 Å². The van der Waals surface area contributed by atoms with Crippen LogP contribution in [0.3, 0.4) is 0 Å². The van der Waals surface area contributed by atoms with Gasteiger partial charge in [-0.05, 0) is 25.0 Å². The van der Waals surface area contributed by atoms with Crippen LogP contribution in [0.15, 0.2) is 43.0 Å². The average Bonchev–Trinajstić information content (AvgIpc) is 2.52. The predicted octanol–water partition coefficient (Wildman–Crippen LogP) is 4.23. The Morgan fingerprint density at radius 2 is 1.90 bits per heavy atom. The minimum atomic E-state index is -0.0874. The topological polar surface area (TPSA) is 41.1 Å². The number of nitrogens with one attached hydrogen (secondary N) is 2. The average molecular weight is 288 g/mol. The number of unbranched alkanes of at least 4 members (excludes halogenated alkanes) is 4. The van der Waals surface area contributed by atoms with E-state index in [9.17, 15) is 4.79 Å². The summed E-state index contributed by atoms with van der Waals surface area (Å²) in [5.74, 6) is -0.0874. The molecule has 1 rings (SSSR count). The lowest BCUT2D eigenvalue weighted by atomic mass is 10.0. The van der Waals surface area contributed by atoms with Gasteiger partial charge in [0.25, 0.3) is 5.91 Å². The summed E-state index contributed by atoms with van der Waals surface area (Å²) >= 11 is 0. The van der Waals surface area contributed by atoms with Crippen LogP contribution in [0.5, 0.6) is 0 Å². The minimum Gasteiger partial charge on any atom is -0.287 e. The largest absolute Gasteiger partial charge is 0.287 e. The molecule has 0 bridgehead atoms. The highest BCUT2D eigenvalue weighted by Crippen LogP contribution is 2.09. The molecule has 0 heterocycles. The number of benzene rings is 1. The number of carbonyl (C=O) groups is 1. The van der Waals surface area contributed by atoms with Gasteiger partial charge in [0.15, 0.2) is 0 Å². The van der Waals surface area contributed by atoms with Crippen molar-refractivity contribution in [2.24, 2.45) is 0 Å². The molecule has 0 unspecified atom stereocenters. The Hall–Kier alpha value is -1.61. The lowest BCUT2D eigenvalue weighted by Gasteiger charge is -2.18. The normalized spacial score (nSPS) is 11.9. The summed E-state index contributed by atoms with van der Waals surface area (Å²) in [5, 5.41) is 0. The lowest BCUT2D eigenvalue weighted by Crippen LogP contribution is -2.44. The molecule has 1 aromatic carbocycles. The summed E-state index contributed by atoms with van der Waals surface area (Å²) in [6.45, 7) is 6.01. The molecule has 0 spiro atoms. The minimum absolute atomic E-state index is 0.0874. The van der Waals surface area contributed by atoms with E-state index in [1.807, 2.05) is 36.4 Å². The van der Waals surface area contributed by atoms with Gasteiger partial charge in [0, 0.05) is 11.6 Å². The van der Waals surface area contributed by atoms with Gasteiger partial charge < -0.3 is 0 Å². The van der Waals surface area contributed by atoms with Crippen molar-refractivity contribution in [3.8, 4) is 0 Å². The van der Waals surface area contributed by atoms with Crippen molar-refractivity contribution in [2.75, 3.05) is 0 Å². The van der Waals surface area contributed by atoms with E-state index >= 15 is 0 Å². The van der Waals surface area contributed by atoms with Crippen molar-refractivity contribution >= 4 is 5.91 Å². The molecular weight excluding hydrogens is 260 g/mol. The highest BCUT2D eigenvalue weighted by molar-refractivity contribution is 5.93. The monoisotopic (exact) mass is 288 g/mol. The predicted molar refractivity (Wildman–Crippen MR) is 89.0 cm³/mol. The first-order chi connectivity index (χ1) is 10.3. The fourth-order valence-corrected chi connectivity index (χ4v) is 2.27. The quantitative estimate of drug-likeness (QED) is 0.363. The van der Waals surface area contributed by atoms with Crippen molar-refractivity contribution in [2.45, 2.75) is 57.9 Å². The maximum Gasteiger partial charge on any atom is 0.265 e. The van der Waals surface area contributed by atoms with E-state index in [1.165, 1.54) is 32.1 Å². The number of amides is 1. The number of hydrogen-bond acceptors (Lipinski definition) is 2. The van der Waals surface area contributed by atoms with Gasteiger partial charge in [0.05, 0.1) is 0 Å². The standard InChI is InChI=1S/C18H28N2O/c1-3-5-6-7-11-15-17(12-4-2)19-20-18(21)16-13-9-8-10-14-16/h4,8-10,13-14,17,19H,2-3,5-7,11-12,15H2,1H3,(H,20,21)/t17-/m0/s1. The van der Waals surface area contributed by atoms with Gasteiger partial charge in [-0.3, -0.25) is 10.2 Å². The second-order valence-electron chi connectivity index (χ2n) is 5.39. The van der Waals surface area contributed by atoms with Crippen LogP contribution in [0, 0.1) is 0 Å². The first-order valence-electron chi connectivity index (χ1n) is 7.99. The zero-order valence-electron chi connectivity index (χ0n) is 13.1. The maximum absolute atomic E-state index is 12.0. The van der Waals surface area contributed by atoms with Gasteiger partial charge in [-0.25, -0.2) is 5.43 Å². The smallest absolute Gasteiger partial charge is 0.265 e. The zero-order valence-corrected chi connectivity index (χ0v) is 13.1. The van der Waals surface area contributed by atoms with Gasteiger partial charge >= 0.3 is 0 Å². The summed E-state index contributed by atoms with van der Waals surface area (Å²) in [6, 6.07) is 9.51. The third-order valence-corrected chi connectivity index (χ3v) is 3.53. The molecule has 0 aromatic heterocycles. The molecule has 3 nitrogen and oxygen atoms in total. The summed E-state index contributed by atoms with van der Waals surface area (Å²) in [5.41, 5.74) is 6.61. The first kappa shape index (κ1) is 17.4. The highest BCUT2D eigenvalue weighted by Gasteiger charge is 2.09. The van der Waals surface area contributed by atoms with Gasteiger partial charge in [-0.15, -0.1) is 6.58 Å². The van der Waals surface area contributed by atoms with E-state index in [-0.39, 0.29) is 11.9 Å². The molecule has 116 valence electrons. The molecule has 1 atom stereocenters. The Morgan fingerprint density at radius 1 is 1.19 bits per heavy atom. The molecule has 1 aromatic rings. The SMILES string of the molecule is C=CC[C@@H](CCCCCCC)NNC(=O)c1ccccc1. The lowest BCUT2D eigenvalue weighted by molar-refractivity contribution is 0.0923. The van der Waals surface area contributed by atoms with E-state index in [0.29, 0.717) is 5.56 Å².